The Labute approximate surface area is 350 Å². The summed E-state index contributed by atoms with van der Waals surface area (Å²) in [5.41, 5.74) is -3.63. The standard InChI is InChI=1S/C41H49F4N7O8S/c1-6-23-28-19-52(29(23)33(53)47-20-40(17-24(40)32(42)43)36(55)51-61(57,58)39(5)13-14-39)35(54)31(38(2,3)4)50-37(56)60-27-16-22(27)9-7-8-12-41(44,45)30-34(59-28)49-26-15-21(18-46)10-11-25(26)48-30/h10-11,15,20,22-24,27-29,31-32H,6-9,12-14,16-17,19H2,1-5H3,(H,50,56)(H,51,55). The Kier molecular flexibility index (Phi) is 11.4. The Morgan fingerprint density at radius 1 is 1.11 bits per heavy atom. The average Bonchev–Trinajstić information content (AvgIpc) is 4.14. The lowest BCUT2D eigenvalue weighted by Crippen LogP contribution is -2.57. The number of amides is 4. The molecule has 61 heavy (non-hydrogen) atoms. The number of sulfonamides is 1. The summed E-state index contributed by atoms with van der Waals surface area (Å²) in [4.78, 5) is 69.6. The molecule has 0 spiro atoms. The lowest BCUT2D eigenvalue weighted by atomic mass is 9.85. The van der Waals surface area contributed by atoms with Gasteiger partial charge in [-0.2, -0.15) is 14.0 Å². The van der Waals surface area contributed by atoms with Crippen molar-refractivity contribution in [2.24, 2.45) is 33.6 Å². The SMILES string of the molecule is CCC1C2CN(C(=O)C(C(C)(C)C)NC(=O)OC3CC3CCCCC(F)(F)c3nc4ccc(C#N)cc4nc3O2)C1C(=O)N=CC1(C(=O)NS(=O)(=O)C2(C)CC2)CC1C(F)F. The van der Waals surface area contributed by atoms with Gasteiger partial charge in [-0.1, -0.05) is 34.1 Å². The third kappa shape index (κ3) is 8.63. The molecule has 3 saturated carbocycles. The monoisotopic (exact) mass is 875 g/mol. The Balaban J connectivity index is 1.29. The molecule has 8 unspecified atom stereocenters. The lowest BCUT2D eigenvalue weighted by Gasteiger charge is -2.35. The van der Waals surface area contributed by atoms with Gasteiger partial charge < -0.3 is 19.7 Å². The Hall–Kier alpha value is -4.93. The molecule has 8 atom stereocenters. The number of nitrogens with one attached hydrogen (secondary N) is 2. The number of hydrogen-bond donors (Lipinski definition) is 2. The first kappa shape index (κ1) is 44.1. The number of hydrogen-bond acceptors (Lipinski definition) is 11. The van der Waals surface area contributed by atoms with Crippen LogP contribution in [0.5, 0.6) is 5.88 Å². The summed E-state index contributed by atoms with van der Waals surface area (Å²) in [6.45, 7) is 7.63. The Morgan fingerprint density at radius 2 is 1.84 bits per heavy atom. The second-order valence-electron chi connectivity index (χ2n) is 18.4. The van der Waals surface area contributed by atoms with Crippen LogP contribution in [0.4, 0.5) is 22.4 Å². The fourth-order valence-electron chi connectivity index (χ4n) is 8.37. The van der Waals surface area contributed by atoms with Crippen LogP contribution in [0.15, 0.2) is 23.2 Å². The number of ether oxygens (including phenoxy) is 2. The molecular weight excluding hydrogens is 827 g/mol. The smallest absolute Gasteiger partial charge is 0.408 e. The van der Waals surface area contributed by atoms with Crippen molar-refractivity contribution in [1.82, 2.24) is 24.9 Å². The van der Waals surface area contributed by atoms with E-state index in [1.54, 1.807) is 27.7 Å². The van der Waals surface area contributed by atoms with Gasteiger partial charge in [0.2, 0.25) is 34.1 Å². The second kappa shape index (κ2) is 15.8. The number of halogens is 4. The highest BCUT2D eigenvalue weighted by Crippen LogP contribution is 2.55. The maximum atomic E-state index is 16.3. The highest BCUT2D eigenvalue weighted by atomic mass is 32.2. The van der Waals surface area contributed by atoms with Gasteiger partial charge in [0, 0.05) is 24.5 Å². The number of fused-ring (bicyclic) bond motifs is 5. The Bertz CT molecular complexity index is 2310. The van der Waals surface area contributed by atoms with Crippen molar-refractivity contribution >= 4 is 51.1 Å². The molecule has 2 aromatic rings. The molecular formula is C41H49F4N7O8S. The third-order valence-electron chi connectivity index (χ3n) is 12.8. The zero-order valence-corrected chi connectivity index (χ0v) is 35.2. The number of carbonyl (C=O) groups excluding carboxylic acids is 4. The number of rotatable bonds is 7. The summed E-state index contributed by atoms with van der Waals surface area (Å²) < 4.78 is 99.4. The fourth-order valence-corrected chi connectivity index (χ4v) is 9.69. The third-order valence-corrected chi connectivity index (χ3v) is 15.0. The molecule has 5 aliphatic rings. The van der Waals surface area contributed by atoms with Crippen LogP contribution < -0.4 is 14.8 Å². The maximum Gasteiger partial charge on any atom is 0.408 e. The van der Waals surface area contributed by atoms with Gasteiger partial charge in [-0.25, -0.2) is 37.0 Å². The van der Waals surface area contributed by atoms with Gasteiger partial charge in [0.25, 0.3) is 11.8 Å². The largest absolute Gasteiger partial charge is 0.471 e. The highest BCUT2D eigenvalue weighted by molar-refractivity contribution is 7.91. The number of alkyl halides is 4. The van der Waals surface area contributed by atoms with Gasteiger partial charge in [0.05, 0.1) is 39.4 Å². The van der Waals surface area contributed by atoms with Gasteiger partial charge in [0.1, 0.15) is 24.3 Å². The molecule has 4 fully saturated rings. The highest BCUT2D eigenvalue weighted by Gasteiger charge is 2.65. The van der Waals surface area contributed by atoms with E-state index < -0.39 is 129 Å². The summed E-state index contributed by atoms with van der Waals surface area (Å²) in [5, 5.41) is 12.2. The van der Waals surface area contributed by atoms with Gasteiger partial charge in [-0.3, -0.25) is 19.1 Å². The molecule has 330 valence electrons. The molecule has 20 heteroatoms. The molecule has 1 aromatic heterocycles. The minimum atomic E-state index is -4.26. The maximum absolute atomic E-state index is 16.3. The van der Waals surface area contributed by atoms with E-state index in [-0.39, 0.29) is 48.2 Å². The molecule has 2 bridgehead atoms. The van der Waals surface area contributed by atoms with Crippen molar-refractivity contribution in [1.29, 1.82) is 5.26 Å². The fraction of sp³-hybridized carbons (Fsp3) is 0.659. The van der Waals surface area contributed by atoms with E-state index >= 15 is 8.78 Å². The van der Waals surface area contributed by atoms with E-state index in [1.807, 2.05) is 10.8 Å². The van der Waals surface area contributed by atoms with E-state index in [1.165, 1.54) is 25.1 Å². The van der Waals surface area contributed by atoms with Crippen LogP contribution in [0.3, 0.4) is 0 Å². The minimum Gasteiger partial charge on any atom is -0.471 e. The average molecular weight is 876 g/mol. The van der Waals surface area contributed by atoms with Crippen molar-refractivity contribution in [3.8, 4) is 11.9 Å². The predicted molar refractivity (Wildman–Crippen MR) is 210 cm³/mol. The molecule has 15 nitrogen and oxygen atoms in total. The minimum absolute atomic E-state index is 0.0620. The van der Waals surface area contributed by atoms with Gasteiger partial charge >= 0.3 is 6.09 Å². The first-order valence-corrected chi connectivity index (χ1v) is 22.0. The molecule has 0 radical (unpaired) electrons. The first-order chi connectivity index (χ1) is 28.5. The summed E-state index contributed by atoms with van der Waals surface area (Å²) in [6, 6.07) is 3.25. The van der Waals surface area contributed by atoms with Crippen molar-refractivity contribution in [2.75, 3.05) is 6.54 Å². The molecule has 4 amide bonds. The van der Waals surface area contributed by atoms with Crippen LogP contribution in [0.1, 0.15) is 104 Å². The molecule has 2 aliphatic heterocycles. The number of alkyl carbamates (subject to hydrolysis) is 1. The van der Waals surface area contributed by atoms with Crippen molar-refractivity contribution in [3.05, 3.63) is 29.5 Å². The van der Waals surface area contributed by atoms with Crippen LogP contribution >= 0.6 is 0 Å². The van der Waals surface area contributed by atoms with E-state index in [4.69, 9.17) is 9.47 Å². The Morgan fingerprint density at radius 3 is 2.46 bits per heavy atom. The van der Waals surface area contributed by atoms with Crippen LogP contribution in [0, 0.1) is 39.9 Å². The summed E-state index contributed by atoms with van der Waals surface area (Å²) >= 11 is 0. The molecule has 3 heterocycles. The van der Waals surface area contributed by atoms with Crippen LogP contribution in [-0.4, -0.2) is 95.3 Å². The van der Waals surface area contributed by atoms with Crippen molar-refractivity contribution < 1.29 is 54.6 Å². The van der Waals surface area contributed by atoms with Crippen LogP contribution in [0.2, 0.25) is 0 Å². The quantitative estimate of drug-likeness (QED) is 0.260. The van der Waals surface area contributed by atoms with Crippen molar-refractivity contribution in [2.45, 2.75) is 134 Å². The van der Waals surface area contributed by atoms with Crippen molar-refractivity contribution in [3.63, 3.8) is 0 Å². The molecule has 1 saturated heterocycles. The molecule has 3 aliphatic carbocycles. The van der Waals surface area contributed by atoms with Crippen LogP contribution in [-0.2, 0) is 35.1 Å². The lowest BCUT2D eigenvalue weighted by molar-refractivity contribution is -0.141. The van der Waals surface area contributed by atoms with Crippen LogP contribution in [0.25, 0.3) is 11.0 Å². The van der Waals surface area contributed by atoms with E-state index in [0.29, 0.717) is 25.5 Å². The normalized spacial score (nSPS) is 31.1. The van der Waals surface area contributed by atoms with Gasteiger partial charge in [-0.15, -0.1) is 0 Å². The number of benzene rings is 1. The zero-order chi connectivity index (χ0) is 44.4. The molecule has 2 N–H and O–H groups in total. The second-order valence-corrected chi connectivity index (χ2v) is 20.6. The van der Waals surface area contributed by atoms with E-state index in [9.17, 15) is 41.6 Å². The number of aromatic nitrogens is 2. The number of aliphatic imine (C=N–C) groups is 1. The summed E-state index contributed by atoms with van der Waals surface area (Å²) in [5.74, 6) is -10.1. The van der Waals surface area contributed by atoms with Gasteiger partial charge in [-0.05, 0) is 81.4 Å². The van der Waals surface area contributed by atoms with E-state index in [0.717, 1.165) is 4.90 Å². The van der Waals surface area contributed by atoms with E-state index in [2.05, 4.69) is 20.3 Å². The number of carbonyl (C=O) groups is 4. The predicted octanol–water partition coefficient (Wildman–Crippen LogP) is 5.55. The number of nitrogens with zero attached hydrogens (tertiary/aromatic N) is 5. The molecule has 7 rings (SSSR count). The summed E-state index contributed by atoms with van der Waals surface area (Å²) in [6.07, 6.45) is -4.08. The van der Waals surface area contributed by atoms with Gasteiger partial charge in [0.15, 0.2) is 5.69 Å². The topological polar surface area (TPSA) is 210 Å². The number of nitriles is 1. The first-order valence-electron chi connectivity index (χ1n) is 20.5. The molecule has 1 aromatic carbocycles. The summed E-state index contributed by atoms with van der Waals surface area (Å²) in [7, 11) is -4.26. The zero-order valence-electron chi connectivity index (χ0n) is 34.4.